The smallest absolute Gasteiger partial charge is 0.262 e. The Morgan fingerprint density at radius 3 is 2.82 bits per heavy atom. The summed E-state index contributed by atoms with van der Waals surface area (Å²) in [6, 6.07) is 17.5. The quantitative estimate of drug-likeness (QED) is 0.871. The van der Waals surface area contributed by atoms with E-state index in [2.05, 4.69) is 0 Å². The minimum absolute atomic E-state index is 0.0240. The van der Waals surface area contributed by atoms with Crippen molar-refractivity contribution in [1.82, 2.24) is 4.90 Å². The summed E-state index contributed by atoms with van der Waals surface area (Å²) in [6.45, 7) is 3.16. The van der Waals surface area contributed by atoms with Gasteiger partial charge in [0.1, 0.15) is 5.75 Å². The largest absolute Gasteiger partial charge is 0.484 e. The molecule has 1 aliphatic heterocycles. The third kappa shape index (κ3) is 3.28. The molecule has 0 aromatic heterocycles. The van der Waals surface area contributed by atoms with Crippen LogP contribution in [0.2, 0.25) is 0 Å². The number of hydrogen-bond acceptors (Lipinski definition) is 3. The third-order valence-electron chi connectivity index (χ3n) is 3.65. The standard InChI is InChI=1S/C18H19NO3/c1-14-6-5-9-16(12-14)22-13-17(20)19-10-11-21-18(19)15-7-3-2-4-8-15/h2-9,12,18H,10-11,13H2,1H3. The van der Waals surface area contributed by atoms with Crippen LogP contribution in [0.25, 0.3) is 0 Å². The molecule has 0 aliphatic carbocycles. The van der Waals surface area contributed by atoms with Crippen LogP contribution in [0.3, 0.4) is 0 Å². The lowest BCUT2D eigenvalue weighted by atomic mass is 10.2. The maximum absolute atomic E-state index is 12.4. The normalized spacial score (nSPS) is 17.5. The van der Waals surface area contributed by atoms with Crippen molar-refractivity contribution >= 4 is 5.91 Å². The molecule has 2 aromatic carbocycles. The minimum atomic E-state index is -0.310. The average molecular weight is 297 g/mol. The summed E-state index contributed by atoms with van der Waals surface area (Å²) < 4.78 is 11.3. The summed E-state index contributed by atoms with van der Waals surface area (Å²) in [4.78, 5) is 14.1. The molecule has 1 unspecified atom stereocenters. The van der Waals surface area contributed by atoms with E-state index in [1.165, 1.54) is 0 Å². The van der Waals surface area contributed by atoms with Crippen molar-refractivity contribution in [2.24, 2.45) is 0 Å². The Balaban J connectivity index is 1.64. The van der Waals surface area contributed by atoms with Gasteiger partial charge < -0.3 is 14.4 Å². The van der Waals surface area contributed by atoms with Crippen molar-refractivity contribution < 1.29 is 14.3 Å². The molecule has 0 bridgehead atoms. The van der Waals surface area contributed by atoms with Crippen LogP contribution in [0.4, 0.5) is 0 Å². The zero-order valence-corrected chi connectivity index (χ0v) is 12.6. The number of nitrogens with zero attached hydrogens (tertiary/aromatic N) is 1. The first kappa shape index (κ1) is 14.6. The molecule has 0 N–H and O–H groups in total. The van der Waals surface area contributed by atoms with Crippen molar-refractivity contribution in [2.75, 3.05) is 19.8 Å². The van der Waals surface area contributed by atoms with E-state index in [1.54, 1.807) is 4.90 Å². The molecule has 1 heterocycles. The van der Waals surface area contributed by atoms with Gasteiger partial charge in [0, 0.05) is 12.1 Å². The summed E-state index contributed by atoms with van der Waals surface area (Å²) >= 11 is 0. The Morgan fingerprint density at radius 2 is 2.05 bits per heavy atom. The van der Waals surface area contributed by atoms with Gasteiger partial charge in [0.05, 0.1) is 6.61 Å². The number of aryl methyl sites for hydroxylation is 1. The van der Waals surface area contributed by atoms with Gasteiger partial charge in [-0.15, -0.1) is 0 Å². The molecule has 0 radical (unpaired) electrons. The Bertz CT molecular complexity index is 642. The average Bonchev–Trinajstić information content (AvgIpc) is 3.03. The van der Waals surface area contributed by atoms with E-state index in [9.17, 15) is 4.79 Å². The molecule has 22 heavy (non-hydrogen) atoms. The topological polar surface area (TPSA) is 38.8 Å². The van der Waals surface area contributed by atoms with E-state index in [0.717, 1.165) is 11.1 Å². The fraction of sp³-hybridized carbons (Fsp3) is 0.278. The Labute approximate surface area is 130 Å². The molecule has 1 aliphatic rings. The zero-order chi connectivity index (χ0) is 15.4. The molecular weight excluding hydrogens is 278 g/mol. The summed E-state index contributed by atoms with van der Waals surface area (Å²) in [5.41, 5.74) is 2.10. The van der Waals surface area contributed by atoms with Crippen molar-refractivity contribution in [2.45, 2.75) is 13.2 Å². The van der Waals surface area contributed by atoms with Crippen molar-refractivity contribution in [1.29, 1.82) is 0 Å². The predicted octanol–water partition coefficient (Wildman–Crippen LogP) is 2.93. The molecule has 1 saturated heterocycles. The first-order chi connectivity index (χ1) is 10.7. The predicted molar refractivity (Wildman–Crippen MR) is 83.5 cm³/mol. The number of amides is 1. The lowest BCUT2D eigenvalue weighted by Crippen LogP contribution is -2.34. The SMILES string of the molecule is Cc1cccc(OCC(=O)N2CCOC2c2ccccc2)c1. The number of rotatable bonds is 4. The molecule has 2 aromatic rings. The summed E-state index contributed by atoms with van der Waals surface area (Å²) in [7, 11) is 0. The highest BCUT2D eigenvalue weighted by atomic mass is 16.5. The van der Waals surface area contributed by atoms with Crippen LogP contribution in [0.1, 0.15) is 17.4 Å². The van der Waals surface area contributed by atoms with E-state index < -0.39 is 0 Å². The van der Waals surface area contributed by atoms with Crippen molar-refractivity contribution in [3.63, 3.8) is 0 Å². The fourth-order valence-corrected chi connectivity index (χ4v) is 2.55. The second kappa shape index (κ2) is 6.62. The summed E-state index contributed by atoms with van der Waals surface area (Å²) in [5, 5.41) is 0. The Kier molecular flexibility index (Phi) is 4.39. The zero-order valence-electron chi connectivity index (χ0n) is 12.6. The number of carbonyl (C=O) groups is 1. The van der Waals surface area contributed by atoms with E-state index >= 15 is 0 Å². The van der Waals surface area contributed by atoms with Gasteiger partial charge in [-0.25, -0.2) is 0 Å². The fourth-order valence-electron chi connectivity index (χ4n) is 2.55. The van der Waals surface area contributed by atoms with Crippen LogP contribution in [-0.2, 0) is 9.53 Å². The monoisotopic (exact) mass is 297 g/mol. The van der Waals surface area contributed by atoms with Crippen LogP contribution in [0, 0.1) is 6.92 Å². The van der Waals surface area contributed by atoms with Gasteiger partial charge in [0.25, 0.3) is 5.91 Å². The molecule has 3 rings (SSSR count). The summed E-state index contributed by atoms with van der Waals surface area (Å²) in [5.74, 6) is 0.651. The molecule has 4 nitrogen and oxygen atoms in total. The van der Waals surface area contributed by atoms with Gasteiger partial charge in [-0.3, -0.25) is 4.79 Å². The molecule has 0 spiro atoms. The van der Waals surface area contributed by atoms with Gasteiger partial charge in [-0.1, -0.05) is 42.5 Å². The second-order valence-electron chi connectivity index (χ2n) is 5.33. The molecule has 4 heteroatoms. The molecule has 0 saturated carbocycles. The Hall–Kier alpha value is -2.33. The van der Waals surface area contributed by atoms with Crippen LogP contribution >= 0.6 is 0 Å². The lowest BCUT2D eigenvalue weighted by Gasteiger charge is -2.23. The molecular formula is C18H19NO3. The molecule has 1 amide bonds. The van der Waals surface area contributed by atoms with Crippen LogP contribution in [0.5, 0.6) is 5.75 Å². The highest BCUT2D eigenvalue weighted by Gasteiger charge is 2.30. The summed E-state index contributed by atoms with van der Waals surface area (Å²) in [6.07, 6.45) is -0.310. The first-order valence-corrected chi connectivity index (χ1v) is 7.39. The van der Waals surface area contributed by atoms with Gasteiger partial charge in [0.15, 0.2) is 12.8 Å². The third-order valence-corrected chi connectivity index (χ3v) is 3.65. The molecule has 1 fully saturated rings. The number of hydrogen-bond donors (Lipinski definition) is 0. The minimum Gasteiger partial charge on any atom is -0.484 e. The van der Waals surface area contributed by atoms with Gasteiger partial charge >= 0.3 is 0 Å². The number of ether oxygens (including phenoxy) is 2. The lowest BCUT2D eigenvalue weighted by molar-refractivity contribution is -0.138. The van der Waals surface area contributed by atoms with E-state index in [1.807, 2.05) is 61.5 Å². The van der Waals surface area contributed by atoms with E-state index in [4.69, 9.17) is 9.47 Å². The van der Waals surface area contributed by atoms with Gasteiger partial charge in [-0.05, 0) is 24.6 Å². The van der Waals surface area contributed by atoms with Gasteiger partial charge in [0.2, 0.25) is 0 Å². The van der Waals surface area contributed by atoms with Crippen LogP contribution in [-0.4, -0.2) is 30.6 Å². The maximum atomic E-state index is 12.4. The first-order valence-electron chi connectivity index (χ1n) is 7.39. The maximum Gasteiger partial charge on any atom is 0.262 e. The highest BCUT2D eigenvalue weighted by molar-refractivity contribution is 5.78. The van der Waals surface area contributed by atoms with E-state index in [0.29, 0.717) is 18.9 Å². The van der Waals surface area contributed by atoms with E-state index in [-0.39, 0.29) is 18.7 Å². The molecule has 1 atom stereocenters. The molecule has 114 valence electrons. The second-order valence-corrected chi connectivity index (χ2v) is 5.33. The van der Waals surface area contributed by atoms with Gasteiger partial charge in [-0.2, -0.15) is 0 Å². The number of benzene rings is 2. The number of carbonyl (C=O) groups excluding carboxylic acids is 1. The Morgan fingerprint density at radius 1 is 1.23 bits per heavy atom. The van der Waals surface area contributed by atoms with Crippen LogP contribution in [0.15, 0.2) is 54.6 Å². The van der Waals surface area contributed by atoms with Crippen molar-refractivity contribution in [3.8, 4) is 5.75 Å². The highest BCUT2D eigenvalue weighted by Crippen LogP contribution is 2.26. The van der Waals surface area contributed by atoms with Crippen LogP contribution < -0.4 is 4.74 Å². The van der Waals surface area contributed by atoms with Crippen molar-refractivity contribution in [3.05, 3.63) is 65.7 Å².